The second-order valence-electron chi connectivity index (χ2n) is 6.76. The molecule has 3 aromatic rings. The molecule has 0 saturated heterocycles. The van der Waals surface area contributed by atoms with Gasteiger partial charge in [-0.3, -0.25) is 0 Å². The van der Waals surface area contributed by atoms with Gasteiger partial charge >= 0.3 is 0 Å². The Bertz CT molecular complexity index is 1030. The first-order chi connectivity index (χ1) is 13.7. The molecule has 2 aliphatic rings. The largest absolute Gasteiger partial charge is 0.490 e. The highest BCUT2D eigenvalue weighted by atomic mass is 35.5. The maximum absolute atomic E-state index is 6.44. The van der Waals surface area contributed by atoms with Crippen LogP contribution in [0.2, 0.25) is 5.02 Å². The second kappa shape index (κ2) is 6.91. The zero-order chi connectivity index (χ0) is 19.1. The number of nitrogens with zero attached hydrogens (tertiary/aromatic N) is 2. The molecule has 2 aliphatic heterocycles. The number of hydrogen-bond acceptors (Lipinski definition) is 5. The molecule has 2 atom stereocenters. The van der Waals surface area contributed by atoms with Crippen molar-refractivity contribution in [3.05, 3.63) is 82.8 Å². The summed E-state index contributed by atoms with van der Waals surface area (Å²) in [6.07, 6.45) is 2.00. The molecule has 0 aliphatic carbocycles. The highest BCUT2D eigenvalue weighted by molar-refractivity contribution is 6.30. The summed E-state index contributed by atoms with van der Waals surface area (Å²) in [6.45, 7) is 2.54. The van der Waals surface area contributed by atoms with Gasteiger partial charge in [0.15, 0.2) is 11.5 Å². The van der Waals surface area contributed by atoms with Crippen LogP contribution in [-0.4, -0.2) is 17.3 Å². The Morgan fingerprint density at radius 3 is 2.86 bits per heavy atom. The predicted molar refractivity (Wildman–Crippen MR) is 107 cm³/mol. The molecule has 5 nitrogen and oxygen atoms in total. The lowest BCUT2D eigenvalue weighted by atomic mass is 9.97. The van der Waals surface area contributed by atoms with Crippen molar-refractivity contribution in [3.8, 4) is 11.5 Å². The Labute approximate surface area is 168 Å². The molecule has 0 bridgehead atoms. The Balaban J connectivity index is 1.63. The monoisotopic (exact) mass is 394 g/mol. The third-order valence-electron chi connectivity index (χ3n) is 5.02. The van der Waals surface area contributed by atoms with Gasteiger partial charge in [0.1, 0.15) is 11.5 Å². The number of halogens is 1. The van der Waals surface area contributed by atoms with Gasteiger partial charge in [-0.2, -0.15) is 5.10 Å². The average Bonchev–Trinajstić information content (AvgIpc) is 3.38. The quantitative estimate of drug-likeness (QED) is 0.580. The molecule has 3 heterocycles. The molecule has 1 aromatic heterocycles. The average molecular weight is 395 g/mol. The standard InChI is InChI=1S/C22H19ClN2O3/c1-2-26-20-9-4-8-16-18-13-17(19-10-5-11-27-19)24-25(18)22(28-21(16)20)14-6-3-7-15(23)12-14/h3-12,18,22H,2,13H2,1H3/t18-,22-/m0/s1. The molecule has 0 spiro atoms. The Kier molecular flexibility index (Phi) is 4.24. The second-order valence-corrected chi connectivity index (χ2v) is 7.19. The normalized spacial score (nSPS) is 20.2. The fourth-order valence-electron chi connectivity index (χ4n) is 3.82. The summed E-state index contributed by atoms with van der Waals surface area (Å²) in [4.78, 5) is 0. The molecule has 142 valence electrons. The van der Waals surface area contributed by atoms with E-state index in [1.54, 1.807) is 6.26 Å². The van der Waals surface area contributed by atoms with Gasteiger partial charge in [-0.25, -0.2) is 5.01 Å². The minimum atomic E-state index is -0.398. The van der Waals surface area contributed by atoms with E-state index < -0.39 is 6.23 Å². The van der Waals surface area contributed by atoms with Crippen molar-refractivity contribution < 1.29 is 13.9 Å². The van der Waals surface area contributed by atoms with Crippen molar-refractivity contribution in [3.63, 3.8) is 0 Å². The van der Waals surface area contributed by atoms with E-state index in [9.17, 15) is 0 Å². The van der Waals surface area contributed by atoms with Gasteiger partial charge in [0, 0.05) is 22.6 Å². The topological polar surface area (TPSA) is 47.2 Å². The first-order valence-electron chi connectivity index (χ1n) is 9.32. The lowest BCUT2D eigenvalue weighted by Crippen LogP contribution is -2.33. The van der Waals surface area contributed by atoms with Crippen LogP contribution in [0, 0.1) is 0 Å². The van der Waals surface area contributed by atoms with E-state index in [-0.39, 0.29) is 6.04 Å². The van der Waals surface area contributed by atoms with Gasteiger partial charge in [-0.1, -0.05) is 35.9 Å². The number of furan rings is 1. The predicted octanol–water partition coefficient (Wildman–Crippen LogP) is 5.57. The first-order valence-corrected chi connectivity index (χ1v) is 9.70. The van der Waals surface area contributed by atoms with E-state index >= 15 is 0 Å². The van der Waals surface area contributed by atoms with Crippen molar-refractivity contribution in [1.82, 2.24) is 5.01 Å². The zero-order valence-corrected chi connectivity index (χ0v) is 16.1. The van der Waals surface area contributed by atoms with E-state index in [2.05, 4.69) is 6.07 Å². The molecule has 0 amide bonds. The highest BCUT2D eigenvalue weighted by Crippen LogP contribution is 2.50. The fraction of sp³-hybridized carbons (Fsp3) is 0.227. The van der Waals surface area contributed by atoms with E-state index in [0.29, 0.717) is 11.6 Å². The van der Waals surface area contributed by atoms with Gasteiger partial charge in [0.2, 0.25) is 6.23 Å². The van der Waals surface area contributed by atoms with Crippen LogP contribution in [0.15, 0.2) is 70.4 Å². The summed E-state index contributed by atoms with van der Waals surface area (Å²) in [7, 11) is 0. The van der Waals surface area contributed by atoms with Crippen LogP contribution in [0.5, 0.6) is 11.5 Å². The lowest BCUT2D eigenvalue weighted by Gasteiger charge is -2.38. The van der Waals surface area contributed by atoms with Crippen LogP contribution in [0.25, 0.3) is 0 Å². The molecule has 0 fully saturated rings. The van der Waals surface area contributed by atoms with E-state index in [1.165, 1.54) is 0 Å². The number of hydrogen-bond donors (Lipinski definition) is 0. The Morgan fingerprint density at radius 1 is 1.18 bits per heavy atom. The van der Waals surface area contributed by atoms with Gasteiger partial charge in [-0.05, 0) is 37.3 Å². The van der Waals surface area contributed by atoms with E-state index in [0.717, 1.165) is 40.5 Å². The number of para-hydroxylation sites is 1. The molecule has 2 aromatic carbocycles. The van der Waals surface area contributed by atoms with Gasteiger partial charge in [0.25, 0.3) is 0 Å². The summed E-state index contributed by atoms with van der Waals surface area (Å²) in [5, 5.41) is 7.53. The summed E-state index contributed by atoms with van der Waals surface area (Å²) < 4.78 is 17.9. The molecule has 0 saturated carbocycles. The van der Waals surface area contributed by atoms with Gasteiger partial charge < -0.3 is 13.9 Å². The van der Waals surface area contributed by atoms with Crippen molar-refractivity contribution >= 4 is 17.3 Å². The van der Waals surface area contributed by atoms with Crippen LogP contribution in [0.4, 0.5) is 0 Å². The molecule has 6 heteroatoms. The van der Waals surface area contributed by atoms with Crippen molar-refractivity contribution in [2.75, 3.05) is 6.61 Å². The van der Waals surface area contributed by atoms with Crippen LogP contribution in [-0.2, 0) is 0 Å². The minimum Gasteiger partial charge on any atom is -0.490 e. The lowest BCUT2D eigenvalue weighted by molar-refractivity contribution is -0.0212. The van der Waals surface area contributed by atoms with Crippen LogP contribution in [0.1, 0.15) is 42.5 Å². The van der Waals surface area contributed by atoms with Crippen LogP contribution < -0.4 is 9.47 Å². The van der Waals surface area contributed by atoms with E-state index in [4.69, 9.17) is 30.6 Å². The molecular formula is C22H19ClN2O3. The highest BCUT2D eigenvalue weighted by Gasteiger charge is 2.42. The van der Waals surface area contributed by atoms with Crippen molar-refractivity contribution in [2.45, 2.75) is 25.6 Å². The number of benzene rings is 2. The van der Waals surface area contributed by atoms with Crippen LogP contribution >= 0.6 is 11.6 Å². The number of fused-ring (bicyclic) bond motifs is 3. The number of ether oxygens (including phenoxy) is 2. The third-order valence-corrected chi connectivity index (χ3v) is 5.25. The maximum atomic E-state index is 6.44. The Morgan fingerprint density at radius 2 is 2.07 bits per heavy atom. The summed E-state index contributed by atoms with van der Waals surface area (Å²) >= 11 is 6.25. The van der Waals surface area contributed by atoms with Gasteiger partial charge in [0.05, 0.1) is 18.9 Å². The minimum absolute atomic E-state index is 0.0354. The fourth-order valence-corrected chi connectivity index (χ4v) is 4.02. The van der Waals surface area contributed by atoms with Crippen LogP contribution in [0.3, 0.4) is 0 Å². The summed E-state index contributed by atoms with van der Waals surface area (Å²) in [5.41, 5.74) is 2.91. The van der Waals surface area contributed by atoms with Gasteiger partial charge in [-0.15, -0.1) is 0 Å². The molecule has 28 heavy (non-hydrogen) atoms. The van der Waals surface area contributed by atoms with Crippen molar-refractivity contribution in [1.29, 1.82) is 0 Å². The Hall–Kier alpha value is -2.92. The summed E-state index contributed by atoms with van der Waals surface area (Å²) in [5.74, 6) is 2.30. The van der Waals surface area contributed by atoms with Crippen molar-refractivity contribution in [2.24, 2.45) is 5.10 Å². The molecular weight excluding hydrogens is 376 g/mol. The SMILES string of the molecule is CCOc1cccc2c1O[C@@H](c1cccc(Cl)c1)N1N=C(c3ccco3)C[C@@H]21. The molecule has 0 unspecified atom stereocenters. The summed E-state index contributed by atoms with van der Waals surface area (Å²) in [6, 6.07) is 17.6. The zero-order valence-electron chi connectivity index (χ0n) is 15.3. The first kappa shape index (κ1) is 17.2. The van der Waals surface area contributed by atoms with E-state index in [1.807, 2.05) is 60.5 Å². The molecule has 5 rings (SSSR count). The maximum Gasteiger partial charge on any atom is 0.214 e. The molecule has 0 N–H and O–H groups in total. The number of rotatable bonds is 4. The number of hydrazone groups is 1. The smallest absolute Gasteiger partial charge is 0.214 e. The third kappa shape index (κ3) is 2.83. The molecule has 0 radical (unpaired) electrons.